The second-order valence-electron chi connectivity index (χ2n) is 4.86. The fourth-order valence-corrected chi connectivity index (χ4v) is 3.77. The molecule has 1 fully saturated rings. The van der Waals surface area contributed by atoms with E-state index in [9.17, 15) is 8.42 Å². The molecule has 0 amide bonds. The number of hydrogen-bond acceptors (Lipinski definition) is 2. The molecule has 0 saturated carbocycles. The van der Waals surface area contributed by atoms with Crippen molar-refractivity contribution >= 4 is 10.2 Å². The Labute approximate surface area is 119 Å². The highest BCUT2D eigenvalue weighted by molar-refractivity contribution is 7.87. The van der Waals surface area contributed by atoms with E-state index in [4.69, 9.17) is 0 Å². The van der Waals surface area contributed by atoms with Gasteiger partial charge in [-0.1, -0.05) is 60.7 Å². The van der Waals surface area contributed by atoms with Gasteiger partial charge >= 0.3 is 0 Å². The van der Waals surface area contributed by atoms with Crippen LogP contribution in [0.4, 0.5) is 0 Å². The van der Waals surface area contributed by atoms with Gasteiger partial charge in [0.2, 0.25) is 0 Å². The minimum absolute atomic E-state index is 0.176. The van der Waals surface area contributed by atoms with Gasteiger partial charge < -0.3 is 0 Å². The van der Waals surface area contributed by atoms with Crippen LogP contribution in [0.25, 0.3) is 0 Å². The van der Waals surface area contributed by atoms with E-state index in [1.807, 2.05) is 60.7 Å². The minimum atomic E-state index is -3.40. The minimum Gasteiger partial charge on any atom is -0.195 e. The molecule has 2 aromatic carbocycles. The number of nitrogens with zero attached hydrogens (tertiary/aromatic N) is 1. The number of nitrogens with one attached hydrogen (secondary N) is 1. The Bertz CT molecular complexity index is 672. The SMILES string of the molecule is O=S1(=O)NC(c2ccccc2)CN1Cc1ccccc1. The highest BCUT2D eigenvalue weighted by Gasteiger charge is 2.35. The molecule has 1 aliphatic rings. The summed E-state index contributed by atoms with van der Waals surface area (Å²) >= 11 is 0. The van der Waals surface area contributed by atoms with E-state index >= 15 is 0 Å². The molecule has 20 heavy (non-hydrogen) atoms. The Morgan fingerprint density at radius 2 is 1.60 bits per heavy atom. The third-order valence-electron chi connectivity index (χ3n) is 3.42. The maximum absolute atomic E-state index is 12.2. The van der Waals surface area contributed by atoms with E-state index < -0.39 is 10.2 Å². The van der Waals surface area contributed by atoms with E-state index in [-0.39, 0.29) is 6.04 Å². The molecule has 104 valence electrons. The summed E-state index contributed by atoms with van der Waals surface area (Å²) in [5.74, 6) is 0. The summed E-state index contributed by atoms with van der Waals surface area (Å²) in [5, 5.41) is 0. The molecular weight excluding hydrogens is 272 g/mol. The molecule has 0 spiro atoms. The topological polar surface area (TPSA) is 49.4 Å². The average molecular weight is 288 g/mol. The maximum Gasteiger partial charge on any atom is 0.280 e. The predicted octanol–water partition coefficient (Wildman–Crippen LogP) is 2.08. The molecule has 1 unspecified atom stereocenters. The van der Waals surface area contributed by atoms with Crippen LogP contribution < -0.4 is 4.72 Å². The van der Waals surface area contributed by atoms with Gasteiger partial charge in [-0.2, -0.15) is 17.4 Å². The first-order valence-electron chi connectivity index (χ1n) is 6.51. The molecule has 5 heteroatoms. The third kappa shape index (κ3) is 2.75. The van der Waals surface area contributed by atoms with Crippen molar-refractivity contribution in [3.05, 3.63) is 71.8 Å². The molecule has 1 aliphatic heterocycles. The summed E-state index contributed by atoms with van der Waals surface area (Å²) in [5.41, 5.74) is 1.98. The van der Waals surface area contributed by atoms with Crippen LogP contribution in [-0.4, -0.2) is 19.3 Å². The van der Waals surface area contributed by atoms with Crippen molar-refractivity contribution in [3.8, 4) is 0 Å². The number of benzene rings is 2. The van der Waals surface area contributed by atoms with Gasteiger partial charge in [0.15, 0.2) is 0 Å². The van der Waals surface area contributed by atoms with Gasteiger partial charge in [-0.15, -0.1) is 0 Å². The maximum atomic E-state index is 12.2. The van der Waals surface area contributed by atoms with E-state index in [0.717, 1.165) is 11.1 Å². The van der Waals surface area contributed by atoms with Crippen LogP contribution in [-0.2, 0) is 16.8 Å². The van der Waals surface area contributed by atoms with Gasteiger partial charge in [0.25, 0.3) is 10.2 Å². The van der Waals surface area contributed by atoms with Crippen LogP contribution in [0.1, 0.15) is 17.2 Å². The Hall–Kier alpha value is -1.69. The largest absolute Gasteiger partial charge is 0.280 e. The molecule has 0 aromatic heterocycles. The van der Waals surface area contributed by atoms with E-state index in [0.29, 0.717) is 13.1 Å². The molecule has 1 atom stereocenters. The normalized spacial score (nSPS) is 21.9. The van der Waals surface area contributed by atoms with Crippen molar-refractivity contribution in [2.75, 3.05) is 6.54 Å². The molecule has 1 saturated heterocycles. The highest BCUT2D eigenvalue weighted by atomic mass is 32.2. The standard InChI is InChI=1S/C15H16N2O2S/c18-20(19)16-15(14-9-5-2-6-10-14)12-17(20)11-13-7-3-1-4-8-13/h1-10,15-16H,11-12H2. The fourth-order valence-electron chi connectivity index (χ4n) is 2.39. The molecule has 0 aliphatic carbocycles. The van der Waals surface area contributed by atoms with Crippen molar-refractivity contribution in [1.82, 2.24) is 9.03 Å². The fraction of sp³-hybridized carbons (Fsp3) is 0.200. The van der Waals surface area contributed by atoms with E-state index in [2.05, 4.69) is 4.72 Å². The third-order valence-corrected chi connectivity index (χ3v) is 4.96. The van der Waals surface area contributed by atoms with Crippen LogP contribution >= 0.6 is 0 Å². The lowest BCUT2D eigenvalue weighted by molar-refractivity contribution is 0.425. The first-order chi connectivity index (χ1) is 9.65. The van der Waals surface area contributed by atoms with Gasteiger partial charge in [-0.05, 0) is 11.1 Å². The molecular formula is C15H16N2O2S. The van der Waals surface area contributed by atoms with Gasteiger partial charge in [-0.25, -0.2) is 0 Å². The van der Waals surface area contributed by atoms with Crippen molar-refractivity contribution in [3.63, 3.8) is 0 Å². The van der Waals surface area contributed by atoms with Crippen molar-refractivity contribution < 1.29 is 8.42 Å². The van der Waals surface area contributed by atoms with Crippen molar-refractivity contribution in [2.45, 2.75) is 12.6 Å². The van der Waals surface area contributed by atoms with Crippen LogP contribution in [0.3, 0.4) is 0 Å². The summed E-state index contributed by atoms with van der Waals surface area (Å²) in [6.45, 7) is 0.862. The zero-order chi connectivity index (χ0) is 14.0. The first kappa shape index (κ1) is 13.3. The molecule has 2 aromatic rings. The van der Waals surface area contributed by atoms with E-state index in [1.165, 1.54) is 4.31 Å². The van der Waals surface area contributed by atoms with Crippen LogP contribution in [0.2, 0.25) is 0 Å². The lowest BCUT2D eigenvalue weighted by Crippen LogP contribution is -2.29. The highest BCUT2D eigenvalue weighted by Crippen LogP contribution is 2.24. The molecule has 4 nitrogen and oxygen atoms in total. The summed E-state index contributed by atoms with van der Waals surface area (Å²) in [4.78, 5) is 0. The summed E-state index contributed by atoms with van der Waals surface area (Å²) in [6.07, 6.45) is 0. The van der Waals surface area contributed by atoms with Crippen LogP contribution in [0.5, 0.6) is 0 Å². The lowest BCUT2D eigenvalue weighted by atomic mass is 10.1. The number of rotatable bonds is 3. The molecule has 1 heterocycles. The van der Waals surface area contributed by atoms with Crippen molar-refractivity contribution in [1.29, 1.82) is 0 Å². The van der Waals surface area contributed by atoms with Crippen LogP contribution in [0, 0.1) is 0 Å². The quantitative estimate of drug-likeness (QED) is 0.940. The van der Waals surface area contributed by atoms with Gasteiger partial charge in [0, 0.05) is 13.1 Å². The Morgan fingerprint density at radius 1 is 1.00 bits per heavy atom. The second kappa shape index (κ2) is 5.36. The Kier molecular flexibility index (Phi) is 3.56. The summed E-state index contributed by atoms with van der Waals surface area (Å²) in [6, 6.07) is 19.1. The monoisotopic (exact) mass is 288 g/mol. The number of hydrogen-bond donors (Lipinski definition) is 1. The van der Waals surface area contributed by atoms with E-state index in [1.54, 1.807) is 0 Å². The average Bonchev–Trinajstić information content (AvgIpc) is 2.76. The van der Waals surface area contributed by atoms with Gasteiger partial charge in [0.05, 0.1) is 6.04 Å². The zero-order valence-corrected chi connectivity index (χ0v) is 11.8. The zero-order valence-electron chi connectivity index (χ0n) is 10.9. The predicted molar refractivity (Wildman–Crippen MR) is 78.1 cm³/mol. The smallest absolute Gasteiger partial charge is 0.195 e. The molecule has 1 N–H and O–H groups in total. The first-order valence-corrected chi connectivity index (χ1v) is 7.95. The summed E-state index contributed by atoms with van der Waals surface area (Å²) < 4.78 is 28.5. The summed E-state index contributed by atoms with van der Waals surface area (Å²) in [7, 11) is -3.40. The second-order valence-corrected chi connectivity index (χ2v) is 6.57. The molecule has 0 radical (unpaired) electrons. The molecule has 0 bridgehead atoms. The molecule has 3 rings (SSSR count). The lowest BCUT2D eigenvalue weighted by Gasteiger charge is -2.13. The van der Waals surface area contributed by atoms with Gasteiger partial charge in [0.1, 0.15) is 0 Å². The van der Waals surface area contributed by atoms with Crippen LogP contribution in [0.15, 0.2) is 60.7 Å². The Morgan fingerprint density at radius 3 is 2.25 bits per heavy atom. The van der Waals surface area contributed by atoms with Crippen molar-refractivity contribution in [2.24, 2.45) is 0 Å². The Balaban J connectivity index is 1.80. The van der Waals surface area contributed by atoms with Gasteiger partial charge in [-0.3, -0.25) is 0 Å².